The van der Waals surface area contributed by atoms with Crippen LogP contribution in [0.4, 0.5) is 5.00 Å². The van der Waals surface area contributed by atoms with E-state index in [1.54, 1.807) is 18.2 Å². The van der Waals surface area contributed by atoms with Gasteiger partial charge in [-0.15, -0.1) is 24.0 Å². The predicted octanol–water partition coefficient (Wildman–Crippen LogP) is 2.47. The van der Waals surface area contributed by atoms with Gasteiger partial charge in [0.1, 0.15) is 0 Å². The molecule has 0 amide bonds. The molecular formula is C9H7NO2S2. The Bertz CT molecular complexity index is 519. The van der Waals surface area contributed by atoms with Gasteiger partial charge in [-0.25, -0.2) is 4.79 Å². The molecule has 0 aliphatic heterocycles. The maximum Gasteiger partial charge on any atom is 0.336 e. The maximum atomic E-state index is 10.8. The molecule has 0 radical (unpaired) electrons. The standard InChI is InChI=1S/C9H7NO2S2/c10-8-2-4-1-5(9(11)12)6(13)3-7(4)14-8/h1-3,13H,10H2,(H,11,12). The number of thiophene rings is 1. The number of hydrogen-bond acceptors (Lipinski definition) is 4. The summed E-state index contributed by atoms with van der Waals surface area (Å²) >= 11 is 5.53. The average Bonchev–Trinajstić information content (AvgIpc) is 2.42. The summed E-state index contributed by atoms with van der Waals surface area (Å²) < 4.78 is 0.956. The van der Waals surface area contributed by atoms with Crippen molar-refractivity contribution in [1.82, 2.24) is 0 Å². The Balaban J connectivity index is 2.76. The fraction of sp³-hybridized carbons (Fsp3) is 0. The molecule has 1 aromatic heterocycles. The first-order valence-electron chi connectivity index (χ1n) is 3.83. The summed E-state index contributed by atoms with van der Waals surface area (Å²) in [5.41, 5.74) is 5.82. The van der Waals surface area contributed by atoms with E-state index in [0.717, 1.165) is 10.1 Å². The normalized spacial score (nSPS) is 10.6. The average molecular weight is 225 g/mol. The largest absolute Gasteiger partial charge is 0.478 e. The lowest BCUT2D eigenvalue weighted by Gasteiger charge is -1.98. The number of carboxylic acids is 1. The number of nitrogen functional groups attached to an aromatic ring is 1. The maximum absolute atomic E-state index is 10.8. The Labute approximate surface area is 89.6 Å². The van der Waals surface area contributed by atoms with Crippen molar-refractivity contribution in [3.63, 3.8) is 0 Å². The Kier molecular flexibility index (Phi) is 2.13. The lowest BCUT2D eigenvalue weighted by Crippen LogP contribution is -1.96. The van der Waals surface area contributed by atoms with Crippen LogP contribution in [0.1, 0.15) is 10.4 Å². The Hall–Kier alpha value is -1.20. The quantitative estimate of drug-likeness (QED) is 0.653. The molecule has 0 aliphatic carbocycles. The van der Waals surface area contributed by atoms with Crippen LogP contribution in [-0.4, -0.2) is 11.1 Å². The minimum absolute atomic E-state index is 0.207. The molecule has 72 valence electrons. The molecule has 0 bridgehead atoms. The number of anilines is 1. The van der Waals surface area contributed by atoms with Crippen molar-refractivity contribution in [3.05, 3.63) is 23.8 Å². The first kappa shape index (κ1) is 9.36. The van der Waals surface area contributed by atoms with E-state index in [1.807, 2.05) is 0 Å². The van der Waals surface area contributed by atoms with Crippen LogP contribution < -0.4 is 5.73 Å². The Morgan fingerprint density at radius 3 is 2.79 bits per heavy atom. The fourth-order valence-corrected chi connectivity index (χ4v) is 2.50. The Morgan fingerprint density at radius 1 is 1.43 bits per heavy atom. The van der Waals surface area contributed by atoms with Crippen molar-refractivity contribution in [2.24, 2.45) is 0 Å². The molecule has 0 aliphatic rings. The van der Waals surface area contributed by atoms with E-state index in [4.69, 9.17) is 10.8 Å². The summed E-state index contributed by atoms with van der Waals surface area (Å²) in [6.07, 6.45) is 0. The van der Waals surface area contributed by atoms with E-state index >= 15 is 0 Å². The van der Waals surface area contributed by atoms with Gasteiger partial charge in [-0.1, -0.05) is 0 Å². The molecular weight excluding hydrogens is 218 g/mol. The topological polar surface area (TPSA) is 63.3 Å². The number of benzene rings is 1. The molecule has 0 saturated heterocycles. The van der Waals surface area contributed by atoms with E-state index < -0.39 is 5.97 Å². The molecule has 2 rings (SSSR count). The second-order valence-corrected chi connectivity index (χ2v) is 4.46. The highest BCUT2D eigenvalue weighted by molar-refractivity contribution is 7.80. The van der Waals surface area contributed by atoms with Crippen LogP contribution in [-0.2, 0) is 0 Å². The number of carboxylic acid groups (broad SMARTS) is 1. The van der Waals surface area contributed by atoms with Gasteiger partial charge in [0.25, 0.3) is 0 Å². The van der Waals surface area contributed by atoms with Crippen molar-refractivity contribution in [1.29, 1.82) is 0 Å². The van der Waals surface area contributed by atoms with Crippen LogP contribution in [0.25, 0.3) is 10.1 Å². The van der Waals surface area contributed by atoms with Gasteiger partial charge in [-0.2, -0.15) is 0 Å². The van der Waals surface area contributed by atoms with E-state index in [9.17, 15) is 4.79 Å². The van der Waals surface area contributed by atoms with E-state index in [1.165, 1.54) is 11.3 Å². The summed E-state index contributed by atoms with van der Waals surface area (Å²) in [4.78, 5) is 11.3. The smallest absolute Gasteiger partial charge is 0.336 e. The molecule has 0 saturated carbocycles. The zero-order valence-corrected chi connectivity index (χ0v) is 8.73. The highest BCUT2D eigenvalue weighted by Crippen LogP contribution is 2.31. The van der Waals surface area contributed by atoms with Gasteiger partial charge in [0.15, 0.2) is 0 Å². The number of thiol groups is 1. The number of nitrogens with two attached hydrogens (primary N) is 1. The zero-order chi connectivity index (χ0) is 10.3. The van der Waals surface area contributed by atoms with Gasteiger partial charge in [-0.05, 0) is 23.6 Å². The molecule has 5 heteroatoms. The van der Waals surface area contributed by atoms with Gasteiger partial charge in [0, 0.05) is 9.60 Å². The SMILES string of the molecule is Nc1cc2cc(C(=O)O)c(S)cc2s1. The van der Waals surface area contributed by atoms with Gasteiger partial charge in [-0.3, -0.25) is 0 Å². The fourth-order valence-electron chi connectivity index (χ4n) is 1.27. The molecule has 3 N–H and O–H groups in total. The van der Waals surface area contributed by atoms with Crippen LogP contribution in [0.3, 0.4) is 0 Å². The number of aromatic carboxylic acids is 1. The van der Waals surface area contributed by atoms with Crippen LogP contribution >= 0.6 is 24.0 Å². The molecule has 0 atom stereocenters. The number of carbonyl (C=O) groups is 1. The first-order valence-corrected chi connectivity index (χ1v) is 5.09. The monoisotopic (exact) mass is 225 g/mol. The number of hydrogen-bond donors (Lipinski definition) is 3. The molecule has 14 heavy (non-hydrogen) atoms. The lowest BCUT2D eigenvalue weighted by molar-refractivity contribution is 0.0693. The highest BCUT2D eigenvalue weighted by Gasteiger charge is 2.10. The van der Waals surface area contributed by atoms with Crippen molar-refractivity contribution >= 4 is 45.0 Å². The minimum atomic E-state index is -0.971. The zero-order valence-electron chi connectivity index (χ0n) is 7.02. The molecule has 1 aromatic carbocycles. The summed E-state index contributed by atoms with van der Waals surface area (Å²) in [6, 6.07) is 5.08. The summed E-state index contributed by atoms with van der Waals surface area (Å²) in [5, 5.41) is 10.4. The van der Waals surface area contributed by atoms with E-state index in [2.05, 4.69) is 12.6 Å². The van der Waals surface area contributed by atoms with Crippen LogP contribution in [0.5, 0.6) is 0 Å². The van der Waals surface area contributed by atoms with Crippen molar-refractivity contribution in [3.8, 4) is 0 Å². The second-order valence-electron chi connectivity index (χ2n) is 2.86. The van der Waals surface area contributed by atoms with E-state index in [0.29, 0.717) is 9.90 Å². The third kappa shape index (κ3) is 1.44. The second kappa shape index (κ2) is 3.18. The highest BCUT2D eigenvalue weighted by atomic mass is 32.1. The van der Waals surface area contributed by atoms with Crippen molar-refractivity contribution in [2.45, 2.75) is 4.90 Å². The summed E-state index contributed by atoms with van der Waals surface area (Å²) in [6.45, 7) is 0. The van der Waals surface area contributed by atoms with E-state index in [-0.39, 0.29) is 5.56 Å². The van der Waals surface area contributed by atoms with Gasteiger partial charge in [0.2, 0.25) is 0 Å². The van der Waals surface area contributed by atoms with Gasteiger partial charge in [0.05, 0.1) is 10.6 Å². The molecule has 0 spiro atoms. The number of rotatable bonds is 1. The van der Waals surface area contributed by atoms with Crippen molar-refractivity contribution < 1.29 is 9.90 Å². The lowest BCUT2D eigenvalue weighted by atomic mass is 10.2. The summed E-state index contributed by atoms with van der Waals surface area (Å²) in [5.74, 6) is -0.971. The number of fused-ring (bicyclic) bond motifs is 1. The Morgan fingerprint density at radius 2 is 2.14 bits per heavy atom. The predicted molar refractivity (Wildman–Crippen MR) is 60.4 cm³/mol. The van der Waals surface area contributed by atoms with Gasteiger partial charge < -0.3 is 10.8 Å². The van der Waals surface area contributed by atoms with Gasteiger partial charge >= 0.3 is 5.97 Å². The third-order valence-corrected chi connectivity index (χ3v) is 3.18. The van der Waals surface area contributed by atoms with Crippen LogP contribution in [0.15, 0.2) is 23.1 Å². The summed E-state index contributed by atoms with van der Waals surface area (Å²) in [7, 11) is 0. The molecule has 0 unspecified atom stereocenters. The first-order chi connectivity index (χ1) is 6.58. The minimum Gasteiger partial charge on any atom is -0.478 e. The van der Waals surface area contributed by atoms with Crippen molar-refractivity contribution in [2.75, 3.05) is 5.73 Å². The molecule has 0 fully saturated rings. The van der Waals surface area contributed by atoms with Crippen LogP contribution in [0, 0.1) is 0 Å². The van der Waals surface area contributed by atoms with Crippen LogP contribution in [0.2, 0.25) is 0 Å². The molecule has 2 aromatic rings. The molecule has 1 heterocycles. The third-order valence-electron chi connectivity index (χ3n) is 1.88. The molecule has 3 nitrogen and oxygen atoms in total.